The van der Waals surface area contributed by atoms with Gasteiger partial charge in [-0.15, -0.1) is 22.7 Å². The molecule has 2 N–H and O–H groups in total. The Bertz CT molecular complexity index is 2300. The fourth-order valence-electron chi connectivity index (χ4n) is 9.25. The van der Waals surface area contributed by atoms with Crippen molar-refractivity contribution in [2.24, 2.45) is 29.1 Å². The van der Waals surface area contributed by atoms with Gasteiger partial charge < -0.3 is 29.2 Å². The Morgan fingerprint density at radius 1 is 1.20 bits per heavy atom. The summed E-state index contributed by atoms with van der Waals surface area (Å²) in [6.45, 7) is 15.6. The van der Waals surface area contributed by atoms with Gasteiger partial charge in [0, 0.05) is 80.5 Å². The molecule has 4 fully saturated rings. The van der Waals surface area contributed by atoms with E-state index in [2.05, 4.69) is 59.0 Å². The number of nitrogens with one attached hydrogen (secondary N) is 2. The van der Waals surface area contributed by atoms with Crippen LogP contribution < -0.4 is 15.6 Å². The van der Waals surface area contributed by atoms with Crippen LogP contribution in [-0.2, 0) is 43.2 Å². The van der Waals surface area contributed by atoms with Gasteiger partial charge in [0.1, 0.15) is 16.9 Å². The number of likely N-dealkylation sites (N-methyl/N-ethyl adjacent to an activating group) is 1. The second kappa shape index (κ2) is 15.7. The van der Waals surface area contributed by atoms with E-state index in [4.69, 9.17) is 31.0 Å². The Morgan fingerprint density at radius 3 is 2.68 bits per heavy atom. The molecule has 16 heteroatoms. The van der Waals surface area contributed by atoms with E-state index in [1.165, 1.54) is 11.3 Å². The molecule has 13 nitrogen and oxygen atoms in total. The van der Waals surface area contributed by atoms with Gasteiger partial charge in [0.15, 0.2) is 0 Å². The Hall–Kier alpha value is -3.60. The Kier molecular flexibility index (Phi) is 10.9. The van der Waals surface area contributed by atoms with E-state index in [-0.39, 0.29) is 60.6 Å². The highest BCUT2D eigenvalue weighted by Gasteiger charge is 2.53. The third-order valence-corrected chi connectivity index (χ3v) is 15.7. The second-order valence-electron chi connectivity index (χ2n) is 18.2. The molecule has 0 unspecified atom stereocenters. The molecule has 7 atom stereocenters. The Labute approximate surface area is 358 Å². The Morgan fingerprint density at radius 2 is 1.97 bits per heavy atom. The predicted octanol–water partition coefficient (Wildman–Crippen LogP) is 6.18. The molecule has 2 aliphatic carbocycles. The number of pyridine rings is 1. The van der Waals surface area contributed by atoms with Crippen LogP contribution in [0, 0.1) is 29.1 Å². The third kappa shape index (κ3) is 7.69. The number of carbonyl (C=O) groups is 3. The minimum atomic E-state index is -0.845. The van der Waals surface area contributed by atoms with Crippen molar-refractivity contribution in [2.45, 2.75) is 85.0 Å². The number of carbonyl (C=O) groups excluding carboxylic acids is 3. The van der Waals surface area contributed by atoms with E-state index in [1.807, 2.05) is 25.4 Å². The summed E-state index contributed by atoms with van der Waals surface area (Å²) in [4.78, 5) is 58.5. The van der Waals surface area contributed by atoms with Gasteiger partial charge in [0.25, 0.3) is 5.91 Å². The van der Waals surface area contributed by atoms with Crippen LogP contribution in [-0.4, -0.2) is 108 Å². The summed E-state index contributed by atoms with van der Waals surface area (Å²) in [7, 11) is 3.88. The first-order chi connectivity index (χ1) is 28.2. The number of hydrazine groups is 1. The van der Waals surface area contributed by atoms with Crippen LogP contribution in [0.4, 0.5) is 5.69 Å². The maximum absolute atomic E-state index is 14.3. The number of anilines is 1. The van der Waals surface area contributed by atoms with Crippen LogP contribution in [0.1, 0.15) is 69.8 Å². The van der Waals surface area contributed by atoms with Crippen LogP contribution in [0.2, 0.25) is 5.02 Å². The van der Waals surface area contributed by atoms with Crippen LogP contribution >= 0.6 is 34.3 Å². The fraction of sp³-hybridized carbons (Fsp3) is 0.605. The maximum atomic E-state index is 14.3. The first-order valence-electron chi connectivity index (χ1n) is 21.0. The van der Waals surface area contributed by atoms with Crippen LogP contribution in [0.3, 0.4) is 0 Å². The molecule has 0 spiro atoms. The molecule has 316 valence electrons. The molecular weight excluding hydrogens is 808 g/mol. The molecule has 0 radical (unpaired) electrons. The molecule has 7 heterocycles. The molecule has 59 heavy (non-hydrogen) atoms. The zero-order chi connectivity index (χ0) is 41.5. The van der Waals surface area contributed by atoms with Crippen molar-refractivity contribution in [2.75, 3.05) is 58.4 Å². The molecule has 2 amide bonds. The standard InChI is InChI=1S/C43H55ClN8O5S2/c1-8-51-37(28-15-25(18-45-35(28)23(3)56-7)50-11-9-49(6)10-12-50)29-17-43(4,5)21-57-42(55)36-27-14-24(27)19-52(48-36)40(54)30(47-39(53)26-13-22(26)2)16-32-46-31(20-58-32)38-34(44)33(29)41(51)59-38/h15,18,20,22-24,26-27,30,36,48H,8-14,16-17,19,21H2,1-7H3,(H,47,53)/t22-,23-,24+,26-,27+,30-,36-/m0/s1. The van der Waals surface area contributed by atoms with E-state index in [9.17, 15) is 14.4 Å². The lowest BCUT2D eigenvalue weighted by Crippen LogP contribution is -2.61. The highest BCUT2D eigenvalue weighted by molar-refractivity contribution is 7.23. The van der Waals surface area contributed by atoms with Gasteiger partial charge in [-0.1, -0.05) is 32.4 Å². The molecule has 0 aromatic carbocycles. The third-order valence-electron chi connectivity index (χ3n) is 13.1. The number of aromatic nitrogens is 3. The number of nitrogens with zero attached hydrogens (tertiary/aromatic N) is 6. The van der Waals surface area contributed by atoms with Crippen molar-refractivity contribution < 1.29 is 23.9 Å². The number of fused-ring (bicyclic) bond motifs is 8. The molecule has 2 saturated carbocycles. The number of piperazine rings is 1. The zero-order valence-corrected chi connectivity index (χ0v) is 37.4. The Balaban J connectivity index is 1.18. The van der Waals surface area contributed by atoms with E-state index in [0.29, 0.717) is 24.5 Å². The summed E-state index contributed by atoms with van der Waals surface area (Å²) in [6.07, 6.45) is 4.13. The summed E-state index contributed by atoms with van der Waals surface area (Å²) >= 11 is 10.7. The lowest BCUT2D eigenvalue weighted by atomic mass is 9.84. The first kappa shape index (κ1) is 40.8. The quantitative estimate of drug-likeness (QED) is 0.208. The van der Waals surface area contributed by atoms with E-state index < -0.39 is 17.5 Å². The van der Waals surface area contributed by atoms with Crippen molar-refractivity contribution in [1.29, 1.82) is 0 Å². The zero-order valence-electron chi connectivity index (χ0n) is 35.0. The lowest BCUT2D eigenvalue weighted by Gasteiger charge is -2.35. The van der Waals surface area contributed by atoms with Gasteiger partial charge in [0.2, 0.25) is 5.91 Å². The summed E-state index contributed by atoms with van der Waals surface area (Å²) < 4.78 is 14.5. The molecule has 3 aliphatic heterocycles. The smallest absolute Gasteiger partial charge is 0.325 e. The van der Waals surface area contributed by atoms with Crippen LogP contribution in [0.15, 0.2) is 17.6 Å². The molecule has 4 aromatic heterocycles. The lowest BCUT2D eigenvalue weighted by molar-refractivity contribution is -0.156. The van der Waals surface area contributed by atoms with Crippen molar-refractivity contribution in [3.8, 4) is 21.8 Å². The summed E-state index contributed by atoms with van der Waals surface area (Å²) in [5.41, 5.74) is 8.53. The van der Waals surface area contributed by atoms with Crippen molar-refractivity contribution in [3.05, 3.63) is 38.9 Å². The average Bonchev–Trinajstić information content (AvgIpc) is 4.04. The number of aryl methyl sites for hydroxylation is 1. The fourth-order valence-corrected chi connectivity index (χ4v) is 11.9. The number of hydrogen-bond donors (Lipinski definition) is 2. The minimum absolute atomic E-state index is 0.0938. The molecule has 5 aliphatic rings. The monoisotopic (exact) mass is 862 g/mol. The van der Waals surface area contributed by atoms with Gasteiger partial charge in [-0.05, 0) is 69.5 Å². The number of ether oxygens (including phenoxy) is 2. The van der Waals surface area contributed by atoms with Gasteiger partial charge in [0.05, 0.1) is 56.6 Å². The van der Waals surface area contributed by atoms with Gasteiger partial charge in [-0.2, -0.15) is 0 Å². The number of halogens is 1. The molecule has 2 saturated heterocycles. The largest absolute Gasteiger partial charge is 0.464 e. The van der Waals surface area contributed by atoms with Gasteiger partial charge in [-0.25, -0.2) is 10.4 Å². The topological polar surface area (TPSA) is 134 Å². The molecule has 9 rings (SSSR count). The number of cyclic esters (lactones) is 1. The summed E-state index contributed by atoms with van der Waals surface area (Å²) in [5.74, 6) is -0.276. The van der Waals surface area contributed by atoms with Gasteiger partial charge in [-0.3, -0.25) is 24.4 Å². The van der Waals surface area contributed by atoms with Crippen LogP contribution in [0.5, 0.6) is 0 Å². The normalized spacial score (nSPS) is 27.6. The molecule has 6 bridgehead atoms. The van der Waals surface area contributed by atoms with Crippen molar-refractivity contribution in [1.82, 2.24) is 35.2 Å². The number of thiazole rings is 1. The van der Waals surface area contributed by atoms with E-state index >= 15 is 0 Å². The van der Waals surface area contributed by atoms with Crippen molar-refractivity contribution in [3.63, 3.8) is 0 Å². The summed E-state index contributed by atoms with van der Waals surface area (Å²) in [5, 5.41) is 8.93. The minimum Gasteiger partial charge on any atom is -0.464 e. The number of hydrogen-bond acceptors (Lipinski definition) is 12. The number of rotatable bonds is 7. The summed E-state index contributed by atoms with van der Waals surface area (Å²) in [6, 6.07) is 0.775. The van der Waals surface area contributed by atoms with Crippen LogP contribution in [0.25, 0.3) is 32.0 Å². The molecular formula is C43H55ClN8O5S2. The average molecular weight is 864 g/mol. The predicted molar refractivity (Wildman–Crippen MR) is 232 cm³/mol. The van der Waals surface area contributed by atoms with Crippen molar-refractivity contribution >= 4 is 68.0 Å². The van der Waals surface area contributed by atoms with Gasteiger partial charge >= 0.3 is 5.97 Å². The first-order valence-corrected chi connectivity index (χ1v) is 23.1. The van der Waals surface area contributed by atoms with E-state index in [0.717, 1.165) is 93.0 Å². The number of amides is 2. The highest BCUT2D eigenvalue weighted by Crippen LogP contribution is 2.51. The maximum Gasteiger partial charge on any atom is 0.325 e. The number of methoxy groups -OCH3 is 1. The molecule has 4 aromatic rings. The second-order valence-corrected chi connectivity index (χ2v) is 20.5. The van der Waals surface area contributed by atoms with E-state index in [1.54, 1.807) is 23.5 Å². The number of thiophene rings is 1. The SMILES string of the molecule is CCn1c(-c2cc(N3CCN(C)CC3)cnc2[C@H](C)OC)c2c3c(Cl)c(sc31)-c1csc(n1)C[C@H](NC(=O)[C@H]1C[C@@H]1C)C(=O)N1C[C@H]3C[C@H]3[C@H](N1)C(=O)OCC(C)(C)C2. The highest BCUT2D eigenvalue weighted by atomic mass is 35.5. The number of esters is 1.